The molecule has 0 aliphatic heterocycles. The van der Waals surface area contributed by atoms with Gasteiger partial charge in [0, 0.05) is 32.3 Å². The van der Waals surface area contributed by atoms with Gasteiger partial charge in [-0.2, -0.15) is 0 Å². The molecule has 0 aromatic heterocycles. The lowest BCUT2D eigenvalue weighted by molar-refractivity contribution is -0.172. The van der Waals surface area contributed by atoms with E-state index >= 15 is 0 Å². The fourth-order valence-corrected chi connectivity index (χ4v) is 3.92. The Hall–Kier alpha value is -3.48. The van der Waals surface area contributed by atoms with Gasteiger partial charge in [0.2, 0.25) is 5.78 Å². The van der Waals surface area contributed by atoms with E-state index in [1.807, 2.05) is 13.8 Å². The number of ketones is 2. The average molecular weight is 438 g/mol. The number of methoxy groups -OCH3 is 1. The van der Waals surface area contributed by atoms with Gasteiger partial charge >= 0.3 is 11.9 Å². The van der Waals surface area contributed by atoms with Crippen LogP contribution in [0, 0.1) is 0 Å². The molecule has 0 amide bonds. The Bertz CT molecular complexity index is 1090. The van der Waals surface area contributed by atoms with Gasteiger partial charge < -0.3 is 14.2 Å². The standard InChI is InChI=1S/C25H26O7/c1-14(2)17-9-10-21(22(11-17)31-15(3)26)25(32-16(4)27)23(28)12-18-7-6-8-19(30-5)13-20(18)24(25)29/h6-7,9-11,13-14H,8,12H2,1-5H3. The number of rotatable bonds is 5. The number of allylic oxidation sites excluding steroid dienone is 4. The van der Waals surface area contributed by atoms with Gasteiger partial charge in [-0.15, -0.1) is 0 Å². The first kappa shape index (κ1) is 23.2. The van der Waals surface area contributed by atoms with Crippen molar-refractivity contribution in [3.05, 3.63) is 64.5 Å². The molecule has 0 heterocycles. The van der Waals surface area contributed by atoms with E-state index in [2.05, 4.69) is 0 Å². The van der Waals surface area contributed by atoms with E-state index in [1.165, 1.54) is 20.1 Å². The van der Waals surface area contributed by atoms with Crippen LogP contribution >= 0.6 is 0 Å². The topological polar surface area (TPSA) is 96.0 Å². The van der Waals surface area contributed by atoms with Crippen LogP contribution in [0.5, 0.6) is 5.75 Å². The summed E-state index contributed by atoms with van der Waals surface area (Å²) in [5.74, 6) is -2.12. The summed E-state index contributed by atoms with van der Waals surface area (Å²) in [6.45, 7) is 6.26. The Labute approximate surface area is 186 Å². The number of Topliss-reactive ketones (excluding diaryl/α,β-unsaturated/α-hetero) is 2. The van der Waals surface area contributed by atoms with E-state index in [0.29, 0.717) is 17.8 Å². The van der Waals surface area contributed by atoms with Gasteiger partial charge in [0.1, 0.15) is 11.5 Å². The molecule has 2 aliphatic carbocycles. The van der Waals surface area contributed by atoms with Gasteiger partial charge in [-0.1, -0.05) is 38.1 Å². The number of benzene rings is 1. The molecule has 168 valence electrons. The molecule has 1 aromatic rings. The Balaban J connectivity index is 2.30. The molecule has 0 bridgehead atoms. The second-order valence-electron chi connectivity index (χ2n) is 8.07. The predicted octanol–water partition coefficient (Wildman–Crippen LogP) is 3.82. The monoisotopic (exact) mass is 438 g/mol. The van der Waals surface area contributed by atoms with Crippen LogP contribution in [0.4, 0.5) is 0 Å². The van der Waals surface area contributed by atoms with Crippen molar-refractivity contribution in [2.75, 3.05) is 7.11 Å². The Morgan fingerprint density at radius 3 is 2.41 bits per heavy atom. The van der Waals surface area contributed by atoms with Crippen molar-refractivity contribution in [1.82, 2.24) is 0 Å². The summed E-state index contributed by atoms with van der Waals surface area (Å²) in [4.78, 5) is 51.3. The molecule has 0 N–H and O–H groups in total. The summed E-state index contributed by atoms with van der Waals surface area (Å²) in [6.07, 6.45) is 5.40. The Morgan fingerprint density at radius 2 is 1.81 bits per heavy atom. The molecule has 7 heteroatoms. The third-order valence-corrected chi connectivity index (χ3v) is 5.46. The van der Waals surface area contributed by atoms with Crippen LogP contribution in [-0.2, 0) is 34.3 Å². The molecule has 0 fully saturated rings. The van der Waals surface area contributed by atoms with Crippen LogP contribution in [0.15, 0.2) is 53.3 Å². The minimum Gasteiger partial charge on any atom is -0.501 e. The minimum atomic E-state index is -2.27. The molecule has 7 nitrogen and oxygen atoms in total. The number of hydrogen-bond donors (Lipinski definition) is 0. The first-order valence-electron chi connectivity index (χ1n) is 10.3. The van der Waals surface area contributed by atoms with Crippen molar-refractivity contribution in [2.24, 2.45) is 0 Å². The van der Waals surface area contributed by atoms with Crippen molar-refractivity contribution in [3.8, 4) is 5.75 Å². The van der Waals surface area contributed by atoms with Gasteiger partial charge in [-0.3, -0.25) is 19.2 Å². The van der Waals surface area contributed by atoms with Crippen LogP contribution in [0.1, 0.15) is 57.6 Å². The van der Waals surface area contributed by atoms with Crippen molar-refractivity contribution in [3.63, 3.8) is 0 Å². The maximum atomic E-state index is 13.9. The maximum absolute atomic E-state index is 13.9. The summed E-state index contributed by atoms with van der Waals surface area (Å²) in [7, 11) is 1.49. The highest BCUT2D eigenvalue weighted by Gasteiger charge is 2.56. The second kappa shape index (κ2) is 8.94. The zero-order chi connectivity index (χ0) is 23.6. The van der Waals surface area contributed by atoms with E-state index in [9.17, 15) is 19.2 Å². The van der Waals surface area contributed by atoms with Gasteiger partial charge in [0.25, 0.3) is 5.60 Å². The second-order valence-corrected chi connectivity index (χ2v) is 8.07. The molecular weight excluding hydrogens is 412 g/mol. The molecule has 1 unspecified atom stereocenters. The third-order valence-electron chi connectivity index (χ3n) is 5.46. The number of esters is 2. The first-order valence-corrected chi connectivity index (χ1v) is 10.3. The lowest BCUT2D eigenvalue weighted by atomic mass is 9.73. The maximum Gasteiger partial charge on any atom is 0.308 e. The van der Waals surface area contributed by atoms with Crippen LogP contribution in [0.2, 0.25) is 0 Å². The summed E-state index contributed by atoms with van der Waals surface area (Å²) in [5.41, 5.74) is -0.675. The lowest BCUT2D eigenvalue weighted by Crippen LogP contribution is -2.50. The fourth-order valence-electron chi connectivity index (χ4n) is 3.92. The zero-order valence-electron chi connectivity index (χ0n) is 18.8. The normalized spacial score (nSPS) is 20.5. The summed E-state index contributed by atoms with van der Waals surface area (Å²) < 4.78 is 16.2. The highest BCUT2D eigenvalue weighted by molar-refractivity contribution is 6.23. The van der Waals surface area contributed by atoms with Crippen molar-refractivity contribution in [2.45, 2.75) is 52.1 Å². The van der Waals surface area contributed by atoms with Crippen LogP contribution < -0.4 is 4.74 Å². The zero-order valence-corrected chi connectivity index (χ0v) is 18.8. The fraction of sp³-hybridized carbons (Fsp3) is 0.360. The molecule has 0 spiro atoms. The summed E-state index contributed by atoms with van der Waals surface area (Å²) >= 11 is 0. The van der Waals surface area contributed by atoms with Crippen molar-refractivity contribution in [1.29, 1.82) is 0 Å². The van der Waals surface area contributed by atoms with Crippen molar-refractivity contribution < 1.29 is 33.4 Å². The van der Waals surface area contributed by atoms with Gasteiger partial charge in [-0.05, 0) is 29.2 Å². The molecule has 0 saturated heterocycles. The lowest BCUT2D eigenvalue weighted by Gasteiger charge is -2.35. The quantitative estimate of drug-likeness (QED) is 0.392. The van der Waals surface area contributed by atoms with Crippen molar-refractivity contribution >= 4 is 23.5 Å². The molecular formula is C25H26O7. The number of hydrogen-bond acceptors (Lipinski definition) is 7. The molecule has 2 aliphatic rings. The van der Waals surface area contributed by atoms with E-state index in [4.69, 9.17) is 14.2 Å². The van der Waals surface area contributed by atoms with Crippen LogP contribution in [-0.4, -0.2) is 30.6 Å². The predicted molar refractivity (Wildman–Crippen MR) is 116 cm³/mol. The molecule has 1 aromatic carbocycles. The molecule has 3 rings (SSSR count). The van der Waals surface area contributed by atoms with Gasteiger partial charge in [0.05, 0.1) is 12.7 Å². The molecule has 0 radical (unpaired) electrons. The van der Waals surface area contributed by atoms with Gasteiger partial charge in [0.15, 0.2) is 5.78 Å². The van der Waals surface area contributed by atoms with E-state index < -0.39 is 29.1 Å². The van der Waals surface area contributed by atoms with Crippen LogP contribution in [0.3, 0.4) is 0 Å². The number of ether oxygens (including phenoxy) is 3. The Morgan fingerprint density at radius 1 is 1.09 bits per heavy atom. The van der Waals surface area contributed by atoms with E-state index in [1.54, 1.807) is 30.4 Å². The van der Waals surface area contributed by atoms with Crippen LogP contribution in [0.25, 0.3) is 0 Å². The third kappa shape index (κ3) is 4.15. The van der Waals surface area contributed by atoms with E-state index in [0.717, 1.165) is 12.5 Å². The Kier molecular flexibility index (Phi) is 6.48. The smallest absolute Gasteiger partial charge is 0.308 e. The average Bonchev–Trinajstić information content (AvgIpc) is 2.92. The first-order chi connectivity index (χ1) is 15.1. The van der Waals surface area contributed by atoms with E-state index in [-0.39, 0.29) is 29.2 Å². The highest BCUT2D eigenvalue weighted by Crippen LogP contribution is 2.44. The largest absolute Gasteiger partial charge is 0.501 e. The van der Waals surface area contributed by atoms with Gasteiger partial charge in [-0.25, -0.2) is 0 Å². The summed E-state index contributed by atoms with van der Waals surface area (Å²) in [5, 5.41) is 0. The SMILES string of the molecule is COC1=CC2=C(C=CC1)CC(=O)C(OC(C)=O)(c1ccc(C(C)C)cc1OC(C)=O)C2=O. The molecule has 32 heavy (non-hydrogen) atoms. The number of carbonyl (C=O) groups excluding carboxylic acids is 4. The molecule has 1 atom stereocenters. The highest BCUT2D eigenvalue weighted by atomic mass is 16.6. The number of carbonyl (C=O) groups is 4. The summed E-state index contributed by atoms with van der Waals surface area (Å²) in [6, 6.07) is 4.85. The minimum absolute atomic E-state index is 0.0100. The molecule has 0 saturated carbocycles.